The summed E-state index contributed by atoms with van der Waals surface area (Å²) in [6.45, 7) is 5.95. The highest BCUT2D eigenvalue weighted by Crippen LogP contribution is 2.23. The maximum absolute atomic E-state index is 12.1. The van der Waals surface area contributed by atoms with Gasteiger partial charge in [0.25, 0.3) is 5.91 Å². The van der Waals surface area contributed by atoms with E-state index in [4.69, 9.17) is 5.11 Å². The summed E-state index contributed by atoms with van der Waals surface area (Å²) in [6.07, 6.45) is 0.961. The van der Waals surface area contributed by atoms with Gasteiger partial charge in [0.05, 0.1) is 17.5 Å². The number of carbonyl (C=O) groups is 1. The highest BCUT2D eigenvalue weighted by molar-refractivity contribution is 7.14. The van der Waals surface area contributed by atoms with Gasteiger partial charge in [-0.25, -0.2) is 0 Å². The van der Waals surface area contributed by atoms with Crippen LogP contribution in [0.3, 0.4) is 0 Å². The minimum absolute atomic E-state index is 0.00523. The van der Waals surface area contributed by atoms with Crippen LogP contribution in [0.1, 0.15) is 34.0 Å². The molecule has 0 aliphatic carbocycles. The van der Waals surface area contributed by atoms with Crippen molar-refractivity contribution in [3.8, 4) is 0 Å². The van der Waals surface area contributed by atoms with Gasteiger partial charge in [-0.2, -0.15) is 0 Å². The summed E-state index contributed by atoms with van der Waals surface area (Å²) in [5.41, 5.74) is 1.18. The molecule has 0 aromatic carbocycles. The second-order valence-corrected chi connectivity index (χ2v) is 5.15. The Labute approximate surface area is 101 Å². The van der Waals surface area contributed by atoms with Crippen molar-refractivity contribution in [3.05, 3.63) is 21.4 Å². The summed E-state index contributed by atoms with van der Waals surface area (Å²) in [5, 5.41) is 9.02. The highest BCUT2D eigenvalue weighted by atomic mass is 32.1. The van der Waals surface area contributed by atoms with Crippen molar-refractivity contribution in [2.24, 2.45) is 0 Å². The Hall–Kier alpha value is -0.870. The first-order valence-electron chi connectivity index (χ1n) is 5.48. The van der Waals surface area contributed by atoms with Crippen LogP contribution in [0.2, 0.25) is 0 Å². The molecule has 0 fully saturated rings. The maximum atomic E-state index is 12.1. The molecular formula is C12H19NO2S. The summed E-state index contributed by atoms with van der Waals surface area (Å²) in [4.78, 5) is 15.7. The van der Waals surface area contributed by atoms with E-state index < -0.39 is 0 Å². The van der Waals surface area contributed by atoms with Crippen LogP contribution >= 0.6 is 11.3 Å². The molecule has 1 N–H and O–H groups in total. The molecule has 0 aliphatic rings. The molecule has 0 spiro atoms. The maximum Gasteiger partial charge on any atom is 0.263 e. The number of aryl methyl sites for hydroxylation is 2. The lowest BCUT2D eigenvalue weighted by Crippen LogP contribution is -2.36. The third-order valence-corrected chi connectivity index (χ3v) is 4.17. The molecule has 16 heavy (non-hydrogen) atoms. The molecule has 4 heteroatoms. The molecule has 1 aromatic heterocycles. The Morgan fingerprint density at radius 1 is 1.62 bits per heavy atom. The van der Waals surface area contributed by atoms with E-state index in [0.717, 1.165) is 11.3 Å². The van der Waals surface area contributed by atoms with E-state index in [9.17, 15) is 4.79 Å². The number of aliphatic hydroxyl groups excluding tert-OH is 1. The van der Waals surface area contributed by atoms with E-state index in [1.54, 1.807) is 23.3 Å². The summed E-state index contributed by atoms with van der Waals surface area (Å²) in [7, 11) is 1.73. The lowest BCUT2D eigenvalue weighted by atomic mass is 10.2. The zero-order valence-electron chi connectivity index (χ0n) is 10.3. The predicted molar refractivity (Wildman–Crippen MR) is 67.1 cm³/mol. The first kappa shape index (κ1) is 13.2. The summed E-state index contributed by atoms with van der Waals surface area (Å²) < 4.78 is 0. The average Bonchev–Trinajstić information content (AvgIpc) is 2.67. The van der Waals surface area contributed by atoms with Crippen molar-refractivity contribution in [2.45, 2.75) is 33.2 Å². The summed E-state index contributed by atoms with van der Waals surface area (Å²) in [5.74, 6) is -0.00523. The highest BCUT2D eigenvalue weighted by Gasteiger charge is 2.19. The topological polar surface area (TPSA) is 40.5 Å². The van der Waals surface area contributed by atoms with Crippen LogP contribution in [0.5, 0.6) is 0 Å². The van der Waals surface area contributed by atoms with Crippen LogP contribution in [-0.4, -0.2) is 35.6 Å². The number of rotatable bonds is 4. The van der Waals surface area contributed by atoms with E-state index in [1.165, 1.54) is 10.4 Å². The van der Waals surface area contributed by atoms with E-state index in [0.29, 0.717) is 0 Å². The number of hydrogen-bond donors (Lipinski definition) is 1. The van der Waals surface area contributed by atoms with Gasteiger partial charge in [-0.3, -0.25) is 4.79 Å². The third kappa shape index (κ3) is 2.62. The molecule has 90 valence electrons. The zero-order valence-corrected chi connectivity index (χ0v) is 11.1. The molecular weight excluding hydrogens is 222 g/mol. The van der Waals surface area contributed by atoms with Crippen molar-refractivity contribution in [1.82, 2.24) is 4.90 Å². The zero-order chi connectivity index (χ0) is 12.3. The Balaban J connectivity index is 2.88. The SMILES string of the molecule is CCc1sc(C(=O)N(C)C(C)CO)cc1C. The van der Waals surface area contributed by atoms with Crippen LogP contribution < -0.4 is 0 Å². The smallest absolute Gasteiger partial charge is 0.263 e. The second-order valence-electron chi connectivity index (χ2n) is 4.02. The predicted octanol–water partition coefficient (Wildman–Crippen LogP) is 2.07. The molecule has 0 saturated heterocycles. The fourth-order valence-electron chi connectivity index (χ4n) is 1.47. The molecule has 0 bridgehead atoms. The minimum atomic E-state index is -0.139. The normalized spacial score (nSPS) is 12.6. The standard InChI is InChI=1S/C12H19NO2S/c1-5-10-8(2)6-11(16-10)12(15)13(4)9(3)7-14/h6,9,14H,5,7H2,1-4H3. The van der Waals surface area contributed by atoms with Crippen molar-refractivity contribution < 1.29 is 9.90 Å². The van der Waals surface area contributed by atoms with E-state index in [2.05, 4.69) is 6.92 Å². The van der Waals surface area contributed by atoms with Gasteiger partial charge in [0, 0.05) is 11.9 Å². The van der Waals surface area contributed by atoms with Crippen LogP contribution in [0.4, 0.5) is 0 Å². The molecule has 0 saturated carbocycles. The second kappa shape index (κ2) is 5.46. The third-order valence-electron chi connectivity index (χ3n) is 2.80. The van der Waals surface area contributed by atoms with Gasteiger partial charge in [0.15, 0.2) is 0 Å². The van der Waals surface area contributed by atoms with E-state index >= 15 is 0 Å². The fraction of sp³-hybridized carbons (Fsp3) is 0.583. The summed E-state index contributed by atoms with van der Waals surface area (Å²) >= 11 is 1.55. The quantitative estimate of drug-likeness (QED) is 0.876. The van der Waals surface area contributed by atoms with Crippen molar-refractivity contribution in [1.29, 1.82) is 0 Å². The van der Waals surface area contributed by atoms with E-state index in [1.807, 2.05) is 19.9 Å². The van der Waals surface area contributed by atoms with Gasteiger partial charge in [0.2, 0.25) is 0 Å². The molecule has 1 rings (SSSR count). The number of thiophene rings is 1. The fourth-order valence-corrected chi connectivity index (χ4v) is 2.57. The molecule has 1 heterocycles. The van der Waals surface area contributed by atoms with Crippen molar-refractivity contribution >= 4 is 17.2 Å². The van der Waals surface area contributed by atoms with Gasteiger partial charge in [-0.1, -0.05) is 6.92 Å². The Bertz CT molecular complexity index is 373. The van der Waals surface area contributed by atoms with Crippen LogP contribution in [0, 0.1) is 6.92 Å². The number of aliphatic hydroxyl groups is 1. The largest absolute Gasteiger partial charge is 0.394 e. The number of likely N-dealkylation sites (N-methyl/N-ethyl adjacent to an activating group) is 1. The van der Waals surface area contributed by atoms with Gasteiger partial charge in [-0.05, 0) is 31.9 Å². The lowest BCUT2D eigenvalue weighted by molar-refractivity contribution is 0.0687. The van der Waals surface area contributed by atoms with Crippen LogP contribution in [0.25, 0.3) is 0 Å². The van der Waals surface area contributed by atoms with Crippen LogP contribution in [0.15, 0.2) is 6.07 Å². The molecule has 3 nitrogen and oxygen atoms in total. The number of carbonyl (C=O) groups excluding carboxylic acids is 1. The van der Waals surface area contributed by atoms with E-state index in [-0.39, 0.29) is 18.6 Å². The Morgan fingerprint density at radius 3 is 2.69 bits per heavy atom. The Morgan fingerprint density at radius 2 is 2.25 bits per heavy atom. The van der Waals surface area contributed by atoms with Crippen LogP contribution in [-0.2, 0) is 6.42 Å². The average molecular weight is 241 g/mol. The lowest BCUT2D eigenvalue weighted by Gasteiger charge is -2.22. The molecule has 1 atom stereocenters. The Kier molecular flexibility index (Phi) is 4.50. The molecule has 1 amide bonds. The number of hydrogen-bond acceptors (Lipinski definition) is 3. The minimum Gasteiger partial charge on any atom is -0.394 e. The molecule has 0 radical (unpaired) electrons. The number of amides is 1. The monoisotopic (exact) mass is 241 g/mol. The van der Waals surface area contributed by atoms with Gasteiger partial charge in [0.1, 0.15) is 0 Å². The van der Waals surface area contributed by atoms with Gasteiger partial charge in [-0.15, -0.1) is 11.3 Å². The molecule has 0 aliphatic heterocycles. The van der Waals surface area contributed by atoms with Crippen molar-refractivity contribution in [2.75, 3.05) is 13.7 Å². The summed E-state index contributed by atoms with van der Waals surface area (Å²) in [6, 6.07) is 1.80. The first-order valence-corrected chi connectivity index (χ1v) is 6.30. The van der Waals surface area contributed by atoms with Gasteiger partial charge < -0.3 is 10.0 Å². The number of nitrogens with zero attached hydrogens (tertiary/aromatic N) is 1. The van der Waals surface area contributed by atoms with Crippen molar-refractivity contribution in [3.63, 3.8) is 0 Å². The van der Waals surface area contributed by atoms with Gasteiger partial charge >= 0.3 is 0 Å². The molecule has 1 unspecified atom stereocenters. The first-order chi connectivity index (χ1) is 7.51. The molecule has 1 aromatic rings.